The van der Waals surface area contributed by atoms with Crippen molar-refractivity contribution in [3.05, 3.63) is 23.9 Å². The molecule has 3 heteroatoms. The maximum atomic E-state index is 8.86. The summed E-state index contributed by atoms with van der Waals surface area (Å²) in [5, 5.41) is 8.86. The van der Waals surface area contributed by atoms with Crippen LogP contribution in [0.3, 0.4) is 0 Å². The zero-order valence-corrected chi connectivity index (χ0v) is 11.0. The second-order valence-electron chi connectivity index (χ2n) is 4.21. The van der Waals surface area contributed by atoms with Gasteiger partial charge < -0.3 is 4.90 Å². The number of anilines is 1. The van der Waals surface area contributed by atoms with Gasteiger partial charge >= 0.3 is 0 Å². The lowest BCUT2D eigenvalue weighted by atomic mass is 10.0. The van der Waals surface area contributed by atoms with Crippen molar-refractivity contribution in [3.8, 4) is 6.07 Å². The van der Waals surface area contributed by atoms with Gasteiger partial charge in [0.05, 0.1) is 0 Å². The van der Waals surface area contributed by atoms with E-state index in [2.05, 4.69) is 36.7 Å². The summed E-state index contributed by atoms with van der Waals surface area (Å²) in [6, 6.07) is 7.71. The van der Waals surface area contributed by atoms with Crippen LogP contribution in [0.15, 0.2) is 18.2 Å². The lowest BCUT2D eigenvalue weighted by Gasteiger charge is -2.26. The molecule has 0 atom stereocenters. The Labute approximate surface area is 104 Å². The van der Waals surface area contributed by atoms with Crippen molar-refractivity contribution in [3.63, 3.8) is 0 Å². The molecule has 0 aliphatic rings. The predicted molar refractivity (Wildman–Crippen MR) is 70.9 cm³/mol. The van der Waals surface area contributed by atoms with Gasteiger partial charge in [-0.3, -0.25) is 0 Å². The fraction of sp³-hybridized carbons (Fsp3) is 0.571. The van der Waals surface area contributed by atoms with Gasteiger partial charge in [-0.05, 0) is 25.0 Å². The number of nitriles is 1. The van der Waals surface area contributed by atoms with Gasteiger partial charge in [-0.1, -0.05) is 32.8 Å². The molecule has 1 heterocycles. The van der Waals surface area contributed by atoms with Crippen LogP contribution in [0.1, 0.15) is 39.3 Å². The number of hydrogen-bond acceptors (Lipinski definition) is 3. The molecule has 1 aromatic rings. The summed E-state index contributed by atoms with van der Waals surface area (Å²) in [6.45, 7) is 8.52. The van der Waals surface area contributed by atoms with E-state index in [1.807, 2.05) is 12.1 Å². The van der Waals surface area contributed by atoms with Gasteiger partial charge in [0.15, 0.2) is 0 Å². The molecule has 0 saturated heterocycles. The van der Waals surface area contributed by atoms with Crippen molar-refractivity contribution in [2.75, 3.05) is 18.0 Å². The first kappa shape index (κ1) is 13.5. The van der Waals surface area contributed by atoms with Crippen LogP contribution in [0.4, 0.5) is 5.82 Å². The van der Waals surface area contributed by atoms with Crippen LogP contribution in [0.2, 0.25) is 0 Å². The first-order valence-corrected chi connectivity index (χ1v) is 6.37. The van der Waals surface area contributed by atoms with E-state index in [1.54, 1.807) is 6.07 Å². The fourth-order valence-electron chi connectivity index (χ4n) is 1.90. The monoisotopic (exact) mass is 231 g/mol. The zero-order chi connectivity index (χ0) is 12.7. The minimum Gasteiger partial charge on any atom is -0.357 e. The largest absolute Gasteiger partial charge is 0.357 e. The minimum absolute atomic E-state index is 0.491. The highest BCUT2D eigenvalue weighted by Crippen LogP contribution is 2.16. The molecule has 0 amide bonds. The van der Waals surface area contributed by atoms with Crippen LogP contribution in [0.5, 0.6) is 0 Å². The van der Waals surface area contributed by atoms with Gasteiger partial charge in [-0.15, -0.1) is 0 Å². The maximum absolute atomic E-state index is 8.86. The summed E-state index contributed by atoms with van der Waals surface area (Å²) in [5.41, 5.74) is 0.491. The summed E-state index contributed by atoms with van der Waals surface area (Å²) in [6.07, 6.45) is 2.37. The highest BCUT2D eigenvalue weighted by molar-refractivity contribution is 5.41. The van der Waals surface area contributed by atoms with Crippen molar-refractivity contribution < 1.29 is 0 Å². The van der Waals surface area contributed by atoms with Crippen molar-refractivity contribution in [2.24, 2.45) is 5.92 Å². The molecule has 0 unspecified atom stereocenters. The van der Waals surface area contributed by atoms with Crippen molar-refractivity contribution in [2.45, 2.75) is 33.6 Å². The van der Waals surface area contributed by atoms with Crippen LogP contribution in [0, 0.1) is 17.2 Å². The van der Waals surface area contributed by atoms with Gasteiger partial charge in [-0.25, -0.2) is 4.98 Å². The second-order valence-corrected chi connectivity index (χ2v) is 4.21. The summed E-state index contributed by atoms with van der Waals surface area (Å²) in [7, 11) is 0. The van der Waals surface area contributed by atoms with Crippen LogP contribution in [0.25, 0.3) is 0 Å². The first-order chi connectivity index (χ1) is 8.24. The molecule has 92 valence electrons. The Morgan fingerprint density at radius 2 is 2.00 bits per heavy atom. The van der Waals surface area contributed by atoms with Gasteiger partial charge in [-0.2, -0.15) is 5.26 Å². The SMILES string of the molecule is CCC(CC)CN(CC)c1cccc(C#N)n1. The molecule has 0 saturated carbocycles. The molecule has 3 nitrogen and oxygen atoms in total. The van der Waals surface area contributed by atoms with E-state index in [4.69, 9.17) is 5.26 Å². The van der Waals surface area contributed by atoms with E-state index in [9.17, 15) is 0 Å². The number of aromatic nitrogens is 1. The molecule has 0 aliphatic heterocycles. The van der Waals surface area contributed by atoms with E-state index in [-0.39, 0.29) is 0 Å². The van der Waals surface area contributed by atoms with E-state index in [0.717, 1.165) is 18.9 Å². The third-order valence-electron chi connectivity index (χ3n) is 3.19. The van der Waals surface area contributed by atoms with E-state index >= 15 is 0 Å². The topological polar surface area (TPSA) is 39.9 Å². The summed E-state index contributed by atoms with van der Waals surface area (Å²) < 4.78 is 0. The number of nitrogens with zero attached hydrogens (tertiary/aromatic N) is 3. The van der Waals surface area contributed by atoms with Crippen LogP contribution >= 0.6 is 0 Å². The normalized spacial score (nSPS) is 10.3. The van der Waals surface area contributed by atoms with Gasteiger partial charge in [0, 0.05) is 13.1 Å². The molecule has 0 fully saturated rings. The second kappa shape index (κ2) is 6.90. The molecule has 17 heavy (non-hydrogen) atoms. The Morgan fingerprint density at radius 1 is 1.29 bits per heavy atom. The minimum atomic E-state index is 0.491. The molecule has 0 N–H and O–H groups in total. The average molecular weight is 231 g/mol. The smallest absolute Gasteiger partial charge is 0.142 e. The molecule has 0 spiro atoms. The molecule has 0 bridgehead atoms. The molecular formula is C14H21N3. The Bertz CT molecular complexity index is 377. The van der Waals surface area contributed by atoms with Crippen molar-refractivity contribution in [1.82, 2.24) is 4.98 Å². The molecule has 0 aromatic carbocycles. The van der Waals surface area contributed by atoms with Crippen LogP contribution in [-0.2, 0) is 0 Å². The third-order valence-corrected chi connectivity index (χ3v) is 3.19. The molecule has 1 rings (SSSR count). The molecule has 0 radical (unpaired) electrons. The Balaban J connectivity index is 2.82. The van der Waals surface area contributed by atoms with E-state index in [1.165, 1.54) is 12.8 Å². The molecular weight excluding hydrogens is 210 g/mol. The molecule has 1 aromatic heterocycles. The van der Waals surface area contributed by atoms with Gasteiger partial charge in [0.25, 0.3) is 0 Å². The summed E-state index contributed by atoms with van der Waals surface area (Å²) in [4.78, 5) is 6.60. The maximum Gasteiger partial charge on any atom is 0.142 e. The van der Waals surface area contributed by atoms with Crippen LogP contribution in [-0.4, -0.2) is 18.1 Å². The van der Waals surface area contributed by atoms with Crippen molar-refractivity contribution >= 4 is 5.82 Å². The lowest BCUT2D eigenvalue weighted by molar-refractivity contribution is 0.484. The highest BCUT2D eigenvalue weighted by Gasteiger charge is 2.11. The van der Waals surface area contributed by atoms with Crippen LogP contribution < -0.4 is 4.90 Å². The Kier molecular flexibility index (Phi) is 5.48. The van der Waals surface area contributed by atoms with E-state index in [0.29, 0.717) is 11.6 Å². The third kappa shape index (κ3) is 3.74. The Hall–Kier alpha value is -1.56. The first-order valence-electron chi connectivity index (χ1n) is 6.37. The number of hydrogen-bond donors (Lipinski definition) is 0. The fourth-order valence-corrected chi connectivity index (χ4v) is 1.90. The van der Waals surface area contributed by atoms with E-state index < -0.39 is 0 Å². The quantitative estimate of drug-likeness (QED) is 0.754. The Morgan fingerprint density at radius 3 is 2.53 bits per heavy atom. The molecule has 0 aliphatic carbocycles. The standard InChI is InChI=1S/C14H21N3/c1-4-12(5-2)11-17(6-3)14-9-7-8-13(10-15)16-14/h7-9,12H,4-6,11H2,1-3H3. The number of pyridine rings is 1. The highest BCUT2D eigenvalue weighted by atomic mass is 15.2. The predicted octanol–water partition coefficient (Wildman–Crippen LogP) is 3.22. The zero-order valence-electron chi connectivity index (χ0n) is 11.0. The average Bonchev–Trinajstić information content (AvgIpc) is 2.40. The van der Waals surface area contributed by atoms with Crippen molar-refractivity contribution in [1.29, 1.82) is 5.26 Å². The lowest BCUT2D eigenvalue weighted by Crippen LogP contribution is -2.29. The summed E-state index contributed by atoms with van der Waals surface area (Å²) in [5.74, 6) is 1.61. The van der Waals surface area contributed by atoms with Gasteiger partial charge in [0.1, 0.15) is 17.6 Å². The van der Waals surface area contributed by atoms with Gasteiger partial charge in [0.2, 0.25) is 0 Å². The number of rotatable bonds is 6. The summed E-state index contributed by atoms with van der Waals surface area (Å²) >= 11 is 0.